The number of carbonyl (C=O) groups excluding carboxylic acids is 1. The molecule has 0 aliphatic carbocycles. The lowest BCUT2D eigenvalue weighted by molar-refractivity contribution is -0.135. The Kier molecular flexibility index (Phi) is 6.19. The van der Waals surface area contributed by atoms with Crippen molar-refractivity contribution in [3.8, 4) is 34.1 Å². The third kappa shape index (κ3) is 4.69. The maximum absolute atomic E-state index is 13.5. The summed E-state index contributed by atoms with van der Waals surface area (Å²) in [5, 5.41) is 10.0. The van der Waals surface area contributed by atoms with Gasteiger partial charge in [-0.25, -0.2) is 0 Å². The number of hydrogen-bond acceptors (Lipinski definition) is 7. The molecule has 0 saturated heterocycles. The molecule has 204 valence electrons. The molecule has 0 radical (unpaired) electrons. The van der Waals surface area contributed by atoms with Crippen molar-refractivity contribution in [2.45, 2.75) is 25.2 Å². The van der Waals surface area contributed by atoms with Gasteiger partial charge in [0.25, 0.3) is 0 Å². The van der Waals surface area contributed by atoms with Gasteiger partial charge in [-0.15, -0.1) is 0 Å². The standard InChI is InChI=1S/C34H26O7/c35-24-6-2-22(3-7-24)28-19-40-34-26(33(28)37)10-12-30-32(34)27(18-31(36)41-30)21-4-8-25(9-5-21)38-15-13-20-1-11-29-23(17-20)14-16-39-29/h1-12,17,19,27,35H,13-16,18H2/t27-/m1/s1. The summed E-state index contributed by atoms with van der Waals surface area (Å²) in [6, 6.07) is 23.6. The van der Waals surface area contributed by atoms with Crippen LogP contribution in [0, 0.1) is 0 Å². The number of hydrogen-bond donors (Lipinski definition) is 1. The molecule has 2 aliphatic rings. The number of rotatable bonds is 6. The van der Waals surface area contributed by atoms with Gasteiger partial charge in [0.1, 0.15) is 34.8 Å². The lowest BCUT2D eigenvalue weighted by Crippen LogP contribution is -2.22. The van der Waals surface area contributed by atoms with Crippen LogP contribution in [-0.4, -0.2) is 24.3 Å². The van der Waals surface area contributed by atoms with Crippen LogP contribution in [0.1, 0.15) is 34.6 Å². The predicted octanol–water partition coefficient (Wildman–Crippen LogP) is 6.16. The van der Waals surface area contributed by atoms with Crippen LogP contribution < -0.4 is 19.6 Å². The van der Waals surface area contributed by atoms with Crippen molar-refractivity contribution in [3.63, 3.8) is 0 Å². The van der Waals surface area contributed by atoms with Gasteiger partial charge in [-0.2, -0.15) is 0 Å². The van der Waals surface area contributed by atoms with Gasteiger partial charge in [0, 0.05) is 24.3 Å². The van der Waals surface area contributed by atoms with Crippen molar-refractivity contribution in [2.75, 3.05) is 13.2 Å². The van der Waals surface area contributed by atoms with E-state index in [2.05, 4.69) is 12.1 Å². The van der Waals surface area contributed by atoms with Crippen LogP contribution in [0.2, 0.25) is 0 Å². The van der Waals surface area contributed by atoms with Crippen molar-refractivity contribution in [1.82, 2.24) is 0 Å². The highest BCUT2D eigenvalue weighted by molar-refractivity contribution is 5.90. The second-order valence-electron chi connectivity index (χ2n) is 10.3. The first kappa shape index (κ1) is 25.0. The summed E-state index contributed by atoms with van der Waals surface area (Å²) in [7, 11) is 0. The number of ether oxygens (including phenoxy) is 3. The molecule has 5 aromatic rings. The van der Waals surface area contributed by atoms with Gasteiger partial charge >= 0.3 is 5.97 Å². The van der Waals surface area contributed by atoms with Crippen LogP contribution in [0.5, 0.6) is 23.0 Å². The third-order valence-corrected chi connectivity index (χ3v) is 7.76. The Morgan fingerprint density at radius 2 is 1.71 bits per heavy atom. The SMILES string of the molecule is O=C1C[C@H](c2ccc(OCCc3ccc4c(c3)CCO4)cc2)c2c(ccc3c(=O)c(-c4ccc(O)cc4)coc23)O1. The first-order valence-corrected chi connectivity index (χ1v) is 13.6. The van der Waals surface area contributed by atoms with Crippen LogP contribution in [0.3, 0.4) is 0 Å². The average molecular weight is 547 g/mol. The maximum atomic E-state index is 13.5. The number of phenols is 1. The first-order valence-electron chi connectivity index (χ1n) is 13.6. The minimum absolute atomic E-state index is 0.115. The summed E-state index contributed by atoms with van der Waals surface area (Å²) < 4.78 is 23.2. The molecule has 7 nitrogen and oxygen atoms in total. The molecule has 3 heterocycles. The summed E-state index contributed by atoms with van der Waals surface area (Å²) in [6.07, 6.45) is 3.28. The lowest BCUT2D eigenvalue weighted by Gasteiger charge is -2.25. The number of aromatic hydroxyl groups is 1. The minimum Gasteiger partial charge on any atom is -0.508 e. The lowest BCUT2D eigenvalue weighted by atomic mass is 9.85. The van der Waals surface area contributed by atoms with E-state index < -0.39 is 0 Å². The second-order valence-corrected chi connectivity index (χ2v) is 10.3. The van der Waals surface area contributed by atoms with E-state index in [0.717, 1.165) is 36.5 Å². The van der Waals surface area contributed by atoms with Gasteiger partial charge in [0.05, 0.1) is 30.6 Å². The fourth-order valence-corrected chi connectivity index (χ4v) is 5.66. The molecular weight excluding hydrogens is 520 g/mol. The number of fused-ring (bicyclic) bond motifs is 4. The highest BCUT2D eigenvalue weighted by Gasteiger charge is 2.32. The molecule has 7 rings (SSSR count). The molecule has 0 amide bonds. The van der Waals surface area contributed by atoms with Crippen molar-refractivity contribution in [3.05, 3.63) is 118 Å². The zero-order valence-corrected chi connectivity index (χ0v) is 22.1. The van der Waals surface area contributed by atoms with E-state index in [0.29, 0.717) is 40.0 Å². The monoisotopic (exact) mass is 546 g/mol. The molecule has 1 N–H and O–H groups in total. The number of phenolic OH excluding ortho intramolecular Hbond substituents is 1. The van der Waals surface area contributed by atoms with Crippen molar-refractivity contribution < 1.29 is 28.5 Å². The quantitative estimate of drug-likeness (QED) is 0.201. The molecular formula is C34H26O7. The largest absolute Gasteiger partial charge is 0.508 e. The highest BCUT2D eigenvalue weighted by Crippen LogP contribution is 2.43. The van der Waals surface area contributed by atoms with Crippen molar-refractivity contribution in [1.29, 1.82) is 0 Å². The molecule has 0 spiro atoms. The van der Waals surface area contributed by atoms with E-state index >= 15 is 0 Å². The Labute approximate surface area is 235 Å². The Morgan fingerprint density at radius 3 is 2.54 bits per heavy atom. The van der Waals surface area contributed by atoms with E-state index in [1.807, 2.05) is 30.3 Å². The summed E-state index contributed by atoms with van der Waals surface area (Å²) in [4.78, 5) is 26.0. The van der Waals surface area contributed by atoms with Gasteiger partial charge in [0.2, 0.25) is 5.43 Å². The van der Waals surface area contributed by atoms with Crippen molar-refractivity contribution >= 4 is 16.9 Å². The number of carbonyl (C=O) groups is 1. The first-order chi connectivity index (χ1) is 20.0. The van der Waals surface area contributed by atoms with Crippen LogP contribution >= 0.6 is 0 Å². The third-order valence-electron chi connectivity index (χ3n) is 7.76. The molecule has 41 heavy (non-hydrogen) atoms. The van der Waals surface area contributed by atoms with Crippen LogP contribution in [0.15, 0.2) is 94.3 Å². The summed E-state index contributed by atoms with van der Waals surface area (Å²) in [5.41, 5.74) is 5.25. The van der Waals surface area contributed by atoms with Gasteiger partial charge in [-0.1, -0.05) is 36.4 Å². The van der Waals surface area contributed by atoms with E-state index in [4.69, 9.17) is 18.6 Å². The normalized spacial score (nSPS) is 15.6. The zero-order chi connectivity index (χ0) is 27.9. The van der Waals surface area contributed by atoms with Crippen LogP contribution in [0.25, 0.3) is 22.1 Å². The van der Waals surface area contributed by atoms with Gasteiger partial charge in [-0.05, 0) is 64.7 Å². The Balaban J connectivity index is 1.15. The average Bonchev–Trinajstić information content (AvgIpc) is 3.46. The predicted molar refractivity (Wildman–Crippen MR) is 153 cm³/mol. The van der Waals surface area contributed by atoms with Gasteiger partial charge in [-0.3, -0.25) is 9.59 Å². The van der Waals surface area contributed by atoms with E-state index in [-0.39, 0.29) is 29.5 Å². The maximum Gasteiger partial charge on any atom is 0.312 e. The topological polar surface area (TPSA) is 95.2 Å². The molecule has 2 aliphatic heterocycles. The van der Waals surface area contributed by atoms with Crippen LogP contribution in [-0.2, 0) is 17.6 Å². The zero-order valence-electron chi connectivity index (χ0n) is 22.1. The molecule has 0 saturated carbocycles. The molecule has 1 aromatic heterocycles. The Morgan fingerprint density at radius 1 is 0.902 bits per heavy atom. The molecule has 1 atom stereocenters. The van der Waals surface area contributed by atoms with E-state index in [1.165, 1.54) is 29.5 Å². The number of esters is 1. The smallest absolute Gasteiger partial charge is 0.312 e. The molecule has 0 fully saturated rings. The molecule has 4 aromatic carbocycles. The fourth-order valence-electron chi connectivity index (χ4n) is 5.66. The van der Waals surface area contributed by atoms with Gasteiger partial charge < -0.3 is 23.7 Å². The number of benzene rings is 4. The molecule has 0 bridgehead atoms. The van der Waals surface area contributed by atoms with Crippen molar-refractivity contribution in [2.24, 2.45) is 0 Å². The molecule has 0 unspecified atom stereocenters. The summed E-state index contributed by atoms with van der Waals surface area (Å²) >= 11 is 0. The summed E-state index contributed by atoms with van der Waals surface area (Å²) in [6.45, 7) is 1.28. The minimum atomic E-state index is -0.347. The van der Waals surface area contributed by atoms with E-state index in [9.17, 15) is 14.7 Å². The van der Waals surface area contributed by atoms with Gasteiger partial charge in [0.15, 0.2) is 0 Å². The summed E-state index contributed by atoms with van der Waals surface area (Å²) in [5.74, 6) is 1.52. The Hall–Kier alpha value is -5.04. The van der Waals surface area contributed by atoms with E-state index in [1.54, 1.807) is 24.3 Å². The fraction of sp³-hybridized carbons (Fsp3) is 0.176. The Bertz CT molecular complexity index is 1840. The highest BCUT2D eigenvalue weighted by atomic mass is 16.5. The molecule has 7 heteroatoms. The second kappa shape index (κ2) is 10.2. The van der Waals surface area contributed by atoms with Crippen LogP contribution in [0.4, 0.5) is 0 Å².